The molecule has 2 amide bonds. The van der Waals surface area contributed by atoms with Crippen LogP contribution in [0.5, 0.6) is 0 Å². The molecule has 3 aliphatic rings. The molecule has 9 heteroatoms. The maximum atomic E-state index is 13.8. The van der Waals surface area contributed by atoms with E-state index in [0.717, 1.165) is 32.1 Å². The summed E-state index contributed by atoms with van der Waals surface area (Å²) in [6, 6.07) is 4.46. The number of carbonyl (C=O) groups excluding carboxylic acids is 2. The first-order chi connectivity index (χ1) is 14.5. The summed E-state index contributed by atoms with van der Waals surface area (Å²) in [5.74, 6) is -0.629. The van der Waals surface area contributed by atoms with Crippen LogP contribution in [0.15, 0.2) is 18.2 Å². The van der Waals surface area contributed by atoms with Crippen molar-refractivity contribution in [2.75, 3.05) is 36.5 Å². The Morgan fingerprint density at radius 1 is 1.27 bits per heavy atom. The molecular formula is C21H28F2N4O3. The molecule has 7 nitrogen and oxygen atoms in total. The Labute approximate surface area is 174 Å². The lowest BCUT2D eigenvalue weighted by Gasteiger charge is -2.41. The molecule has 0 bridgehead atoms. The molecule has 2 saturated carbocycles. The number of carbonyl (C=O) groups is 2. The zero-order chi connectivity index (χ0) is 21.3. The second-order valence-electron chi connectivity index (χ2n) is 8.17. The SMILES string of the molecule is NC[C@H](C(=O)Nc1ccc(N2CCOCC2=O)cc1C(F)F)N(C1CCC1)C1CC1. The van der Waals surface area contributed by atoms with Crippen molar-refractivity contribution < 1.29 is 23.1 Å². The first kappa shape index (κ1) is 21.1. The van der Waals surface area contributed by atoms with E-state index >= 15 is 0 Å². The number of alkyl halides is 2. The summed E-state index contributed by atoms with van der Waals surface area (Å²) in [5, 5.41) is 2.68. The molecule has 0 spiro atoms. The van der Waals surface area contributed by atoms with E-state index in [1.165, 1.54) is 17.0 Å². The molecule has 0 radical (unpaired) electrons. The molecule has 1 aromatic carbocycles. The fourth-order valence-corrected chi connectivity index (χ4v) is 4.25. The van der Waals surface area contributed by atoms with E-state index in [4.69, 9.17) is 10.5 Å². The highest BCUT2D eigenvalue weighted by Gasteiger charge is 2.42. The number of halogens is 2. The van der Waals surface area contributed by atoms with Gasteiger partial charge in [-0.3, -0.25) is 14.5 Å². The maximum Gasteiger partial charge on any atom is 0.265 e. The van der Waals surface area contributed by atoms with Crippen LogP contribution in [0.2, 0.25) is 0 Å². The minimum atomic E-state index is -2.79. The molecule has 3 N–H and O–H groups in total. The quantitative estimate of drug-likeness (QED) is 0.671. The number of ether oxygens (including phenoxy) is 1. The van der Waals surface area contributed by atoms with Gasteiger partial charge in [0.25, 0.3) is 12.3 Å². The molecule has 3 fully saturated rings. The van der Waals surface area contributed by atoms with Crippen LogP contribution in [0.3, 0.4) is 0 Å². The van der Waals surface area contributed by atoms with E-state index < -0.39 is 12.5 Å². The summed E-state index contributed by atoms with van der Waals surface area (Å²) in [7, 11) is 0. The van der Waals surface area contributed by atoms with Gasteiger partial charge in [-0.25, -0.2) is 8.78 Å². The number of benzene rings is 1. The van der Waals surface area contributed by atoms with E-state index in [9.17, 15) is 18.4 Å². The zero-order valence-electron chi connectivity index (χ0n) is 16.9. The van der Waals surface area contributed by atoms with Crippen molar-refractivity contribution in [3.63, 3.8) is 0 Å². The second-order valence-corrected chi connectivity index (χ2v) is 8.17. The lowest BCUT2D eigenvalue weighted by Crippen LogP contribution is -2.55. The summed E-state index contributed by atoms with van der Waals surface area (Å²) in [4.78, 5) is 28.7. The molecule has 1 aromatic rings. The largest absolute Gasteiger partial charge is 0.370 e. The fourth-order valence-electron chi connectivity index (χ4n) is 4.25. The van der Waals surface area contributed by atoms with E-state index in [2.05, 4.69) is 10.2 Å². The number of rotatable bonds is 8. The molecular weight excluding hydrogens is 394 g/mol. The summed E-state index contributed by atoms with van der Waals surface area (Å²) >= 11 is 0. The molecule has 0 aromatic heterocycles. The van der Waals surface area contributed by atoms with E-state index in [1.807, 2.05) is 0 Å². The standard InChI is InChI=1S/C21H28F2N4O3/c22-20(23)16-10-15(26-8-9-30-12-19(26)28)6-7-17(16)25-21(29)18(11-24)27(14-4-5-14)13-2-1-3-13/h6-7,10,13-14,18,20H,1-5,8-9,11-12,24H2,(H,25,29)/t18-/m1/s1. The molecule has 2 aliphatic carbocycles. The predicted molar refractivity (Wildman–Crippen MR) is 109 cm³/mol. The molecule has 0 unspecified atom stereocenters. The summed E-state index contributed by atoms with van der Waals surface area (Å²) in [6.07, 6.45) is 2.54. The molecule has 30 heavy (non-hydrogen) atoms. The van der Waals surface area contributed by atoms with Gasteiger partial charge in [-0.1, -0.05) is 6.42 Å². The summed E-state index contributed by atoms with van der Waals surface area (Å²) < 4.78 is 32.7. The second kappa shape index (κ2) is 8.95. The monoisotopic (exact) mass is 422 g/mol. The minimum absolute atomic E-state index is 0.0577. The smallest absolute Gasteiger partial charge is 0.265 e. The van der Waals surface area contributed by atoms with Crippen molar-refractivity contribution in [3.05, 3.63) is 23.8 Å². The number of hydrogen-bond acceptors (Lipinski definition) is 5. The maximum absolute atomic E-state index is 13.8. The highest BCUT2D eigenvalue weighted by Crippen LogP contribution is 2.38. The van der Waals surface area contributed by atoms with Gasteiger partial charge in [-0.15, -0.1) is 0 Å². The Morgan fingerprint density at radius 2 is 2.00 bits per heavy atom. The van der Waals surface area contributed by atoms with Crippen LogP contribution in [-0.4, -0.2) is 61.1 Å². The number of nitrogens with zero attached hydrogens (tertiary/aromatic N) is 2. The Morgan fingerprint density at radius 3 is 2.57 bits per heavy atom. The highest BCUT2D eigenvalue weighted by molar-refractivity contribution is 5.98. The number of anilines is 2. The third-order valence-electron chi connectivity index (χ3n) is 6.18. The third kappa shape index (κ3) is 4.33. The van der Waals surface area contributed by atoms with Gasteiger partial charge >= 0.3 is 0 Å². The number of morpholine rings is 1. The van der Waals surface area contributed by atoms with E-state index in [-0.39, 0.29) is 36.2 Å². The van der Waals surface area contributed by atoms with Gasteiger partial charge in [0.2, 0.25) is 5.91 Å². The topological polar surface area (TPSA) is 87.9 Å². The molecule has 4 rings (SSSR count). The van der Waals surface area contributed by atoms with Crippen LogP contribution in [0.1, 0.15) is 44.1 Å². The fraction of sp³-hybridized carbons (Fsp3) is 0.619. The lowest BCUT2D eigenvalue weighted by molar-refractivity contribution is -0.125. The number of nitrogens with one attached hydrogen (secondary N) is 1. The van der Waals surface area contributed by atoms with Crippen molar-refractivity contribution in [2.45, 2.75) is 56.7 Å². The number of amides is 2. The molecule has 1 heterocycles. The first-order valence-corrected chi connectivity index (χ1v) is 10.6. The van der Waals surface area contributed by atoms with Gasteiger partial charge in [0.1, 0.15) is 12.6 Å². The van der Waals surface area contributed by atoms with Crippen LogP contribution >= 0.6 is 0 Å². The van der Waals surface area contributed by atoms with Crippen molar-refractivity contribution >= 4 is 23.2 Å². The van der Waals surface area contributed by atoms with Gasteiger partial charge in [0, 0.05) is 42.1 Å². The van der Waals surface area contributed by atoms with Crippen molar-refractivity contribution in [1.29, 1.82) is 0 Å². The van der Waals surface area contributed by atoms with Crippen LogP contribution in [0, 0.1) is 0 Å². The van der Waals surface area contributed by atoms with Crippen LogP contribution in [0.4, 0.5) is 20.2 Å². The third-order valence-corrected chi connectivity index (χ3v) is 6.18. The minimum Gasteiger partial charge on any atom is -0.370 e. The number of nitrogens with two attached hydrogens (primary N) is 1. The molecule has 1 atom stereocenters. The Balaban J connectivity index is 1.53. The van der Waals surface area contributed by atoms with Crippen LogP contribution < -0.4 is 16.0 Å². The zero-order valence-corrected chi connectivity index (χ0v) is 16.9. The predicted octanol–water partition coefficient (Wildman–Crippen LogP) is 2.27. The summed E-state index contributed by atoms with van der Waals surface area (Å²) in [6.45, 7) is 0.729. The Bertz CT molecular complexity index is 798. The molecule has 164 valence electrons. The van der Waals surface area contributed by atoms with Gasteiger partial charge in [0.15, 0.2) is 0 Å². The molecule has 1 saturated heterocycles. The van der Waals surface area contributed by atoms with Gasteiger partial charge in [0.05, 0.1) is 6.61 Å². The summed E-state index contributed by atoms with van der Waals surface area (Å²) in [5.41, 5.74) is 6.06. The Kier molecular flexibility index (Phi) is 6.31. The number of hydrogen-bond donors (Lipinski definition) is 2. The van der Waals surface area contributed by atoms with Crippen molar-refractivity contribution in [1.82, 2.24) is 4.90 Å². The van der Waals surface area contributed by atoms with Crippen LogP contribution in [-0.2, 0) is 14.3 Å². The normalized spacial score (nSPS) is 21.1. The van der Waals surface area contributed by atoms with E-state index in [1.54, 1.807) is 6.07 Å². The van der Waals surface area contributed by atoms with Gasteiger partial charge in [-0.05, 0) is 43.9 Å². The Hall–Kier alpha value is -2.10. The average molecular weight is 422 g/mol. The lowest BCUT2D eigenvalue weighted by atomic mass is 9.90. The van der Waals surface area contributed by atoms with E-state index in [0.29, 0.717) is 30.9 Å². The van der Waals surface area contributed by atoms with Crippen LogP contribution in [0.25, 0.3) is 0 Å². The average Bonchev–Trinajstić information content (AvgIpc) is 3.52. The van der Waals surface area contributed by atoms with Crippen molar-refractivity contribution in [3.8, 4) is 0 Å². The first-order valence-electron chi connectivity index (χ1n) is 10.6. The molecule has 1 aliphatic heterocycles. The van der Waals surface area contributed by atoms with Crippen molar-refractivity contribution in [2.24, 2.45) is 5.73 Å². The van der Waals surface area contributed by atoms with Gasteiger partial charge in [-0.2, -0.15) is 0 Å². The highest BCUT2D eigenvalue weighted by atomic mass is 19.3. The van der Waals surface area contributed by atoms with Gasteiger partial charge < -0.3 is 20.7 Å².